The molecule has 0 aliphatic carbocycles. The van der Waals surface area contributed by atoms with E-state index >= 15 is 0 Å². The predicted molar refractivity (Wildman–Crippen MR) is 112 cm³/mol. The highest BCUT2D eigenvalue weighted by Gasteiger charge is 2.19. The summed E-state index contributed by atoms with van der Waals surface area (Å²) < 4.78 is 2.23. The molecule has 2 aromatic heterocycles. The normalized spacial score (nSPS) is 14.7. The molecule has 3 aromatic rings. The quantitative estimate of drug-likeness (QED) is 0.696. The molecule has 0 bridgehead atoms. The van der Waals surface area contributed by atoms with Gasteiger partial charge in [0.25, 0.3) is 0 Å². The van der Waals surface area contributed by atoms with Crippen molar-refractivity contribution < 1.29 is 4.79 Å². The van der Waals surface area contributed by atoms with E-state index in [4.69, 9.17) is 0 Å². The van der Waals surface area contributed by atoms with E-state index in [0.29, 0.717) is 13.0 Å². The molecule has 0 saturated heterocycles. The molecule has 0 radical (unpaired) electrons. The Kier molecular flexibility index (Phi) is 5.85. The first-order valence-corrected chi connectivity index (χ1v) is 10.4. The highest BCUT2D eigenvalue weighted by atomic mass is 16.1. The lowest BCUT2D eigenvalue weighted by molar-refractivity contribution is -0.123. The maximum atomic E-state index is 11.8. The summed E-state index contributed by atoms with van der Waals surface area (Å²) in [7, 11) is 0. The molecule has 7 nitrogen and oxygen atoms in total. The zero-order valence-corrected chi connectivity index (χ0v) is 17.1. The molecule has 1 aromatic carbocycles. The summed E-state index contributed by atoms with van der Waals surface area (Å²) in [6, 6.07) is 10.5. The molecule has 3 heterocycles. The van der Waals surface area contributed by atoms with Gasteiger partial charge >= 0.3 is 0 Å². The highest BCUT2D eigenvalue weighted by molar-refractivity contribution is 5.81. The van der Waals surface area contributed by atoms with Crippen LogP contribution >= 0.6 is 0 Å². The Hall–Kier alpha value is -2.80. The Balaban J connectivity index is 1.40. The van der Waals surface area contributed by atoms with Crippen LogP contribution in [0, 0.1) is 5.92 Å². The summed E-state index contributed by atoms with van der Waals surface area (Å²) in [5.41, 5.74) is 2.35. The average Bonchev–Trinajstić information content (AvgIpc) is 3.00. The number of aromatic nitrogens is 4. The van der Waals surface area contributed by atoms with Gasteiger partial charge in [0.2, 0.25) is 5.91 Å². The first-order chi connectivity index (χ1) is 14.1. The van der Waals surface area contributed by atoms with Gasteiger partial charge in [-0.3, -0.25) is 14.7 Å². The van der Waals surface area contributed by atoms with Crippen LogP contribution in [-0.2, 0) is 30.7 Å². The lowest BCUT2D eigenvalue weighted by Gasteiger charge is -2.20. The summed E-state index contributed by atoms with van der Waals surface area (Å²) in [5, 5.41) is 13.0. The van der Waals surface area contributed by atoms with Crippen LogP contribution in [0.5, 0.6) is 0 Å². The minimum atomic E-state index is 0.00309. The number of hydrogen-bond donors (Lipinski definition) is 1. The van der Waals surface area contributed by atoms with Crippen molar-refractivity contribution in [1.29, 1.82) is 0 Å². The van der Waals surface area contributed by atoms with E-state index in [1.54, 1.807) is 0 Å². The Bertz CT molecular complexity index is 991. The fraction of sp³-hybridized carbons (Fsp3) is 0.455. The monoisotopic (exact) mass is 392 g/mol. The van der Waals surface area contributed by atoms with Crippen LogP contribution < -0.4 is 5.32 Å². The van der Waals surface area contributed by atoms with Gasteiger partial charge in [-0.25, -0.2) is 0 Å². The smallest absolute Gasteiger partial charge is 0.222 e. The molecule has 0 unspecified atom stereocenters. The van der Waals surface area contributed by atoms with Crippen molar-refractivity contribution in [2.24, 2.45) is 5.92 Å². The van der Waals surface area contributed by atoms with Crippen LogP contribution in [0.15, 0.2) is 36.5 Å². The summed E-state index contributed by atoms with van der Waals surface area (Å²) in [6.45, 7) is 8.09. The van der Waals surface area contributed by atoms with Crippen molar-refractivity contribution in [3.8, 4) is 0 Å². The zero-order chi connectivity index (χ0) is 20.2. The number of carbonyl (C=O) groups excluding carboxylic acids is 1. The van der Waals surface area contributed by atoms with Gasteiger partial charge in [-0.15, -0.1) is 10.2 Å². The molecule has 0 fully saturated rings. The van der Waals surface area contributed by atoms with E-state index in [0.717, 1.165) is 49.8 Å². The van der Waals surface area contributed by atoms with Crippen LogP contribution in [0.3, 0.4) is 0 Å². The van der Waals surface area contributed by atoms with Gasteiger partial charge < -0.3 is 9.88 Å². The van der Waals surface area contributed by atoms with E-state index in [1.165, 1.54) is 10.9 Å². The Morgan fingerprint density at radius 1 is 1.14 bits per heavy atom. The number of benzene rings is 1. The minimum absolute atomic E-state index is 0.00309. The molecule has 0 saturated carbocycles. The first-order valence-electron chi connectivity index (χ1n) is 10.4. The number of carbonyl (C=O) groups is 1. The predicted octanol–water partition coefficient (Wildman–Crippen LogP) is 2.20. The number of pyridine rings is 1. The Morgan fingerprint density at radius 2 is 2.03 bits per heavy atom. The van der Waals surface area contributed by atoms with Gasteiger partial charge in [0.1, 0.15) is 11.6 Å². The SMILES string of the molecule is CC(C)C(=O)NCCc1nnc2n1CCN(Cc1cccc3ncccc13)CC2. The van der Waals surface area contributed by atoms with Crippen molar-refractivity contribution in [2.75, 3.05) is 19.6 Å². The van der Waals surface area contributed by atoms with Gasteiger partial charge in [0.15, 0.2) is 0 Å². The van der Waals surface area contributed by atoms with Crippen LogP contribution in [0.25, 0.3) is 10.9 Å². The third-order valence-electron chi connectivity index (χ3n) is 5.50. The molecule has 152 valence electrons. The van der Waals surface area contributed by atoms with Gasteiger partial charge in [-0.2, -0.15) is 0 Å². The van der Waals surface area contributed by atoms with E-state index in [9.17, 15) is 4.79 Å². The lowest BCUT2D eigenvalue weighted by atomic mass is 10.1. The Labute approximate surface area is 171 Å². The van der Waals surface area contributed by atoms with Crippen LogP contribution in [0.4, 0.5) is 0 Å². The number of hydrogen-bond acceptors (Lipinski definition) is 5. The number of nitrogens with zero attached hydrogens (tertiary/aromatic N) is 5. The highest BCUT2D eigenvalue weighted by Crippen LogP contribution is 2.19. The fourth-order valence-electron chi connectivity index (χ4n) is 3.82. The van der Waals surface area contributed by atoms with Gasteiger partial charge in [0, 0.05) is 63.1 Å². The molecule has 0 atom stereocenters. The third kappa shape index (κ3) is 4.45. The summed E-state index contributed by atoms with van der Waals surface area (Å²) in [5.74, 6) is 2.08. The zero-order valence-electron chi connectivity index (χ0n) is 17.1. The molecule has 7 heteroatoms. The van der Waals surface area contributed by atoms with E-state index in [2.05, 4.69) is 54.2 Å². The Morgan fingerprint density at radius 3 is 2.90 bits per heavy atom. The lowest BCUT2D eigenvalue weighted by Crippen LogP contribution is -2.30. The number of rotatable bonds is 6. The second kappa shape index (κ2) is 8.69. The topological polar surface area (TPSA) is 75.9 Å². The van der Waals surface area contributed by atoms with E-state index < -0.39 is 0 Å². The van der Waals surface area contributed by atoms with Crippen molar-refractivity contribution in [3.05, 3.63) is 53.7 Å². The van der Waals surface area contributed by atoms with Crippen molar-refractivity contribution >= 4 is 16.8 Å². The molecule has 4 rings (SSSR count). The number of nitrogens with one attached hydrogen (secondary N) is 1. The molecular formula is C22H28N6O. The molecule has 1 amide bonds. The fourth-order valence-corrected chi connectivity index (χ4v) is 3.82. The summed E-state index contributed by atoms with van der Waals surface area (Å²) in [4.78, 5) is 18.7. The van der Waals surface area contributed by atoms with E-state index in [1.807, 2.05) is 26.1 Å². The second-order valence-electron chi connectivity index (χ2n) is 7.89. The second-order valence-corrected chi connectivity index (χ2v) is 7.89. The molecule has 1 aliphatic heterocycles. The third-order valence-corrected chi connectivity index (χ3v) is 5.50. The minimum Gasteiger partial charge on any atom is -0.355 e. The van der Waals surface area contributed by atoms with Crippen LogP contribution in [0.1, 0.15) is 31.1 Å². The molecule has 0 spiro atoms. The van der Waals surface area contributed by atoms with E-state index in [-0.39, 0.29) is 11.8 Å². The largest absolute Gasteiger partial charge is 0.355 e. The van der Waals surface area contributed by atoms with Gasteiger partial charge in [-0.05, 0) is 17.7 Å². The molecular weight excluding hydrogens is 364 g/mol. The van der Waals surface area contributed by atoms with Crippen molar-refractivity contribution in [1.82, 2.24) is 30.0 Å². The maximum Gasteiger partial charge on any atom is 0.222 e. The molecule has 29 heavy (non-hydrogen) atoms. The van der Waals surface area contributed by atoms with Crippen molar-refractivity contribution in [2.45, 2.75) is 39.8 Å². The number of amides is 1. The first kappa shape index (κ1) is 19.5. The summed E-state index contributed by atoms with van der Waals surface area (Å²) in [6.07, 6.45) is 3.43. The van der Waals surface area contributed by atoms with Gasteiger partial charge in [0.05, 0.1) is 5.52 Å². The molecule has 1 N–H and O–H groups in total. The van der Waals surface area contributed by atoms with Crippen LogP contribution in [-0.4, -0.2) is 50.2 Å². The van der Waals surface area contributed by atoms with Crippen LogP contribution in [0.2, 0.25) is 0 Å². The van der Waals surface area contributed by atoms with Crippen molar-refractivity contribution in [3.63, 3.8) is 0 Å². The standard InChI is InChI=1S/C22H28N6O/c1-16(2)22(29)24-11-8-20-25-26-21-9-12-27(13-14-28(20)21)15-17-5-3-7-19-18(17)6-4-10-23-19/h3-7,10,16H,8-9,11-15H2,1-2H3,(H,24,29). The summed E-state index contributed by atoms with van der Waals surface area (Å²) >= 11 is 0. The van der Waals surface area contributed by atoms with Gasteiger partial charge in [-0.1, -0.05) is 32.0 Å². The number of fused-ring (bicyclic) bond motifs is 2. The average molecular weight is 393 g/mol. The molecule has 1 aliphatic rings. The maximum absolute atomic E-state index is 11.8.